The first-order chi connectivity index (χ1) is 15.1. The van der Waals surface area contributed by atoms with Crippen molar-refractivity contribution in [2.45, 2.75) is 57.7 Å². The number of halogens is 1. The molecule has 0 bridgehead atoms. The fourth-order valence-electron chi connectivity index (χ4n) is 4.75. The molecule has 1 fully saturated rings. The topological polar surface area (TPSA) is 50.4 Å². The van der Waals surface area contributed by atoms with E-state index in [4.69, 9.17) is 16.3 Å². The number of carbonyl (C=O) groups excluding carboxylic acids is 1. The minimum atomic E-state index is -0.115. The van der Waals surface area contributed by atoms with Gasteiger partial charge in [-0.25, -0.2) is 0 Å². The van der Waals surface area contributed by atoms with Gasteiger partial charge in [-0.2, -0.15) is 11.3 Å². The summed E-state index contributed by atoms with van der Waals surface area (Å²) in [6.07, 6.45) is 1.74. The van der Waals surface area contributed by atoms with E-state index in [1.165, 1.54) is 0 Å². The summed E-state index contributed by atoms with van der Waals surface area (Å²) >= 11 is 8.16. The highest BCUT2D eigenvalue weighted by Gasteiger charge is 2.38. The summed E-state index contributed by atoms with van der Waals surface area (Å²) in [5, 5.41) is 11.4. The van der Waals surface area contributed by atoms with E-state index in [0.29, 0.717) is 16.3 Å². The first kappa shape index (κ1) is 22.8. The van der Waals surface area contributed by atoms with Gasteiger partial charge in [-0.1, -0.05) is 29.8 Å². The van der Waals surface area contributed by atoms with Gasteiger partial charge in [-0.05, 0) is 87.2 Å². The third kappa shape index (κ3) is 5.34. The predicted octanol–water partition coefficient (Wildman–Crippen LogP) is 6.90. The summed E-state index contributed by atoms with van der Waals surface area (Å²) in [6.45, 7) is 8.68. The molecule has 0 saturated carbocycles. The molecule has 0 atom stereocenters. The van der Waals surface area contributed by atoms with Gasteiger partial charge in [0.2, 0.25) is 0 Å². The van der Waals surface area contributed by atoms with Crippen LogP contribution in [0, 0.1) is 0 Å². The van der Waals surface area contributed by atoms with E-state index < -0.39 is 0 Å². The number of amides is 1. The van der Waals surface area contributed by atoms with E-state index in [1.54, 1.807) is 29.5 Å². The smallest absolute Gasteiger partial charge is 0.251 e. The van der Waals surface area contributed by atoms with Crippen LogP contribution in [0.4, 0.5) is 0 Å². The predicted molar refractivity (Wildman–Crippen MR) is 133 cm³/mol. The zero-order valence-corrected chi connectivity index (χ0v) is 20.4. The number of benzene rings is 2. The van der Waals surface area contributed by atoms with E-state index in [-0.39, 0.29) is 23.0 Å². The molecule has 1 amide bonds. The van der Waals surface area contributed by atoms with Gasteiger partial charge in [0.1, 0.15) is 11.5 Å². The molecule has 0 radical (unpaired) electrons. The van der Waals surface area contributed by atoms with Crippen LogP contribution in [0.25, 0.3) is 11.1 Å². The first-order valence-corrected chi connectivity index (χ1v) is 12.1. The zero-order valence-electron chi connectivity index (χ0n) is 18.9. The van der Waals surface area contributed by atoms with Crippen molar-refractivity contribution in [2.24, 2.45) is 0 Å². The average molecular weight is 469 g/mol. The molecule has 2 heterocycles. The maximum Gasteiger partial charge on any atom is 0.251 e. The molecule has 168 valence electrons. The van der Waals surface area contributed by atoms with E-state index in [2.05, 4.69) is 49.8 Å². The van der Waals surface area contributed by atoms with Crippen LogP contribution >= 0.6 is 22.9 Å². The van der Waals surface area contributed by atoms with Crippen molar-refractivity contribution in [1.82, 2.24) is 10.6 Å². The fraction of sp³-hybridized carbons (Fsp3) is 0.346. The lowest BCUT2D eigenvalue weighted by molar-refractivity contribution is 0.0873. The highest BCUT2D eigenvalue weighted by atomic mass is 35.5. The van der Waals surface area contributed by atoms with Crippen LogP contribution in [0.1, 0.15) is 50.9 Å². The number of para-hydroxylation sites is 1. The molecule has 0 unspecified atom stereocenters. The fourth-order valence-corrected chi connectivity index (χ4v) is 5.62. The quantitative estimate of drug-likeness (QED) is 0.428. The van der Waals surface area contributed by atoms with Crippen LogP contribution in [0.5, 0.6) is 11.5 Å². The van der Waals surface area contributed by atoms with Gasteiger partial charge in [0, 0.05) is 28.2 Å². The molecule has 4 rings (SSSR count). The molecule has 2 N–H and O–H groups in total. The average Bonchev–Trinajstić information content (AvgIpc) is 3.22. The highest BCUT2D eigenvalue weighted by Crippen LogP contribution is 2.37. The van der Waals surface area contributed by atoms with E-state index in [1.807, 2.05) is 29.6 Å². The van der Waals surface area contributed by atoms with Gasteiger partial charge >= 0.3 is 0 Å². The van der Waals surface area contributed by atoms with Gasteiger partial charge in [0.25, 0.3) is 5.91 Å². The maximum atomic E-state index is 12.9. The van der Waals surface area contributed by atoms with E-state index in [0.717, 1.165) is 29.7 Å². The molecule has 4 nitrogen and oxygen atoms in total. The number of carbonyl (C=O) groups is 1. The van der Waals surface area contributed by atoms with Crippen molar-refractivity contribution in [3.05, 3.63) is 69.9 Å². The number of hydrogen-bond donors (Lipinski definition) is 2. The van der Waals surface area contributed by atoms with Crippen LogP contribution in [0.3, 0.4) is 0 Å². The Kier molecular flexibility index (Phi) is 6.35. The normalized spacial score (nSPS) is 17.7. The Labute approximate surface area is 199 Å². The van der Waals surface area contributed by atoms with Crippen molar-refractivity contribution in [2.75, 3.05) is 0 Å². The van der Waals surface area contributed by atoms with Crippen LogP contribution < -0.4 is 15.4 Å². The molecule has 1 saturated heterocycles. The molecule has 1 aromatic heterocycles. The van der Waals surface area contributed by atoms with Crippen molar-refractivity contribution in [1.29, 1.82) is 0 Å². The Morgan fingerprint density at radius 1 is 1.06 bits per heavy atom. The van der Waals surface area contributed by atoms with Crippen LogP contribution in [0.15, 0.2) is 59.3 Å². The number of piperidine rings is 1. The van der Waals surface area contributed by atoms with Crippen molar-refractivity contribution in [3.63, 3.8) is 0 Å². The van der Waals surface area contributed by atoms with E-state index in [9.17, 15) is 4.79 Å². The summed E-state index contributed by atoms with van der Waals surface area (Å²) in [4.78, 5) is 12.9. The first-order valence-electron chi connectivity index (χ1n) is 10.8. The summed E-state index contributed by atoms with van der Waals surface area (Å²) in [5.41, 5.74) is 2.56. The lowest BCUT2D eigenvalue weighted by atomic mass is 9.79. The Hall–Kier alpha value is -2.34. The Morgan fingerprint density at radius 3 is 2.44 bits per heavy atom. The van der Waals surface area contributed by atoms with Gasteiger partial charge in [-0.3, -0.25) is 4.79 Å². The molecule has 2 aromatic carbocycles. The molecule has 3 aromatic rings. The van der Waals surface area contributed by atoms with Gasteiger partial charge in [0.15, 0.2) is 0 Å². The molecular formula is C26H29ClN2O2S. The molecule has 32 heavy (non-hydrogen) atoms. The minimum Gasteiger partial charge on any atom is -0.455 e. The van der Waals surface area contributed by atoms with Gasteiger partial charge < -0.3 is 15.4 Å². The molecule has 0 spiro atoms. The Balaban J connectivity index is 1.49. The second-order valence-electron chi connectivity index (χ2n) is 9.73. The van der Waals surface area contributed by atoms with Crippen molar-refractivity contribution < 1.29 is 9.53 Å². The Bertz CT molecular complexity index is 1090. The molecule has 0 aliphatic carbocycles. The molecular weight excluding hydrogens is 440 g/mol. The van der Waals surface area contributed by atoms with Crippen LogP contribution in [-0.2, 0) is 0 Å². The molecule has 6 heteroatoms. The van der Waals surface area contributed by atoms with Gasteiger partial charge in [0.05, 0.1) is 5.02 Å². The zero-order chi connectivity index (χ0) is 22.9. The summed E-state index contributed by atoms with van der Waals surface area (Å²) in [6, 6.07) is 15.2. The third-order valence-corrected chi connectivity index (χ3v) is 6.64. The van der Waals surface area contributed by atoms with Crippen LogP contribution in [0.2, 0.25) is 5.02 Å². The number of nitrogens with one attached hydrogen (secondary N) is 2. The monoisotopic (exact) mass is 468 g/mol. The lowest BCUT2D eigenvalue weighted by Gasteiger charge is -2.46. The second-order valence-corrected chi connectivity index (χ2v) is 10.9. The summed E-state index contributed by atoms with van der Waals surface area (Å²) in [5.74, 6) is 1.13. The van der Waals surface area contributed by atoms with Crippen LogP contribution in [-0.4, -0.2) is 23.0 Å². The van der Waals surface area contributed by atoms with E-state index >= 15 is 0 Å². The Morgan fingerprint density at radius 2 is 1.78 bits per heavy atom. The third-order valence-electron chi connectivity index (χ3n) is 5.66. The van der Waals surface area contributed by atoms with Crippen molar-refractivity contribution in [3.8, 4) is 22.6 Å². The standard InChI is InChI=1S/C26H29ClN2O2S/c1-25(2)14-19(15-26(3,4)29-25)28-24(30)17-9-10-23(21(27)13-17)31-22-8-6-5-7-20(22)18-11-12-32-16-18/h5-13,16,19,29H,14-15H2,1-4H3,(H,28,30). The largest absolute Gasteiger partial charge is 0.455 e. The number of ether oxygens (including phenoxy) is 1. The highest BCUT2D eigenvalue weighted by molar-refractivity contribution is 7.08. The lowest BCUT2D eigenvalue weighted by Crippen LogP contribution is -2.62. The summed E-state index contributed by atoms with van der Waals surface area (Å²) in [7, 11) is 0. The minimum absolute atomic E-state index is 0.0368. The van der Waals surface area contributed by atoms with Crippen molar-refractivity contribution >= 4 is 28.8 Å². The summed E-state index contributed by atoms with van der Waals surface area (Å²) < 4.78 is 6.14. The number of hydrogen-bond acceptors (Lipinski definition) is 4. The molecule has 1 aliphatic rings. The maximum absolute atomic E-state index is 12.9. The van der Waals surface area contributed by atoms with Gasteiger partial charge in [-0.15, -0.1) is 0 Å². The second kappa shape index (κ2) is 8.89. The molecule has 1 aliphatic heterocycles. The number of rotatable bonds is 5. The number of thiophene rings is 1. The SMILES string of the molecule is CC1(C)CC(NC(=O)c2ccc(Oc3ccccc3-c3ccsc3)c(Cl)c2)CC(C)(C)N1.